The number of hydrogen-bond acceptors (Lipinski definition) is 4. The van der Waals surface area contributed by atoms with E-state index in [-0.39, 0.29) is 0 Å². The summed E-state index contributed by atoms with van der Waals surface area (Å²) in [6, 6.07) is 0. The van der Waals surface area contributed by atoms with E-state index in [0.29, 0.717) is 17.7 Å². The highest BCUT2D eigenvalue weighted by Crippen LogP contribution is 2.13. The maximum absolute atomic E-state index is 5.69. The molecule has 4 heteroatoms. The van der Waals surface area contributed by atoms with Crippen LogP contribution in [0.3, 0.4) is 0 Å². The van der Waals surface area contributed by atoms with E-state index in [2.05, 4.69) is 29.1 Å². The molecule has 1 aromatic heterocycles. The number of hydrogen-bond donors (Lipinski definition) is 1. The van der Waals surface area contributed by atoms with E-state index < -0.39 is 0 Å². The summed E-state index contributed by atoms with van der Waals surface area (Å²) >= 11 is 0. The van der Waals surface area contributed by atoms with Crippen molar-refractivity contribution in [2.75, 3.05) is 19.7 Å². The second-order valence-electron chi connectivity index (χ2n) is 5.47. The Kier molecular flexibility index (Phi) is 4.93. The summed E-state index contributed by atoms with van der Waals surface area (Å²) in [5.74, 6) is 1.86. The number of nitrogens with one attached hydrogen (secondary N) is 1. The predicted octanol–water partition coefficient (Wildman–Crippen LogP) is 2.05. The number of nitrogens with zero attached hydrogens (tertiary/aromatic N) is 2. The molecule has 2 heterocycles. The van der Waals surface area contributed by atoms with Gasteiger partial charge in [0.15, 0.2) is 0 Å². The molecule has 0 bridgehead atoms. The third-order valence-corrected chi connectivity index (χ3v) is 3.16. The van der Waals surface area contributed by atoms with Gasteiger partial charge in [0.25, 0.3) is 0 Å². The van der Waals surface area contributed by atoms with Crippen molar-refractivity contribution < 1.29 is 4.74 Å². The fraction of sp³-hybridized carbons (Fsp3) is 0.714. The molecule has 0 spiro atoms. The zero-order valence-corrected chi connectivity index (χ0v) is 11.4. The molecule has 1 aromatic rings. The van der Waals surface area contributed by atoms with Crippen LogP contribution in [-0.2, 0) is 6.42 Å². The Morgan fingerprint density at radius 3 is 2.89 bits per heavy atom. The summed E-state index contributed by atoms with van der Waals surface area (Å²) in [7, 11) is 0. The Morgan fingerprint density at radius 2 is 2.28 bits per heavy atom. The van der Waals surface area contributed by atoms with E-state index >= 15 is 0 Å². The van der Waals surface area contributed by atoms with Crippen LogP contribution in [0.2, 0.25) is 0 Å². The van der Waals surface area contributed by atoms with Gasteiger partial charge in [-0.2, -0.15) is 0 Å². The lowest BCUT2D eigenvalue weighted by molar-refractivity contribution is 0.211. The van der Waals surface area contributed by atoms with Crippen LogP contribution in [0.15, 0.2) is 12.4 Å². The van der Waals surface area contributed by atoms with Gasteiger partial charge in [0.2, 0.25) is 5.88 Å². The van der Waals surface area contributed by atoms with Crippen molar-refractivity contribution in [2.45, 2.75) is 33.1 Å². The van der Waals surface area contributed by atoms with Crippen molar-refractivity contribution in [3.05, 3.63) is 18.1 Å². The average molecular weight is 249 g/mol. The summed E-state index contributed by atoms with van der Waals surface area (Å²) in [5.41, 5.74) is 1.04. The van der Waals surface area contributed by atoms with Crippen molar-refractivity contribution in [3.8, 4) is 5.88 Å². The molecule has 4 nitrogen and oxygen atoms in total. The van der Waals surface area contributed by atoms with Crippen LogP contribution < -0.4 is 10.1 Å². The predicted molar refractivity (Wildman–Crippen MR) is 71.7 cm³/mol. The van der Waals surface area contributed by atoms with Crippen LogP contribution in [-0.4, -0.2) is 29.7 Å². The maximum atomic E-state index is 5.69. The van der Waals surface area contributed by atoms with Crippen LogP contribution in [0.5, 0.6) is 5.88 Å². The van der Waals surface area contributed by atoms with E-state index in [0.717, 1.165) is 31.8 Å². The van der Waals surface area contributed by atoms with E-state index in [4.69, 9.17) is 4.74 Å². The van der Waals surface area contributed by atoms with Gasteiger partial charge in [-0.3, -0.25) is 4.98 Å². The topological polar surface area (TPSA) is 47.0 Å². The van der Waals surface area contributed by atoms with Crippen LogP contribution in [0, 0.1) is 11.8 Å². The summed E-state index contributed by atoms with van der Waals surface area (Å²) in [4.78, 5) is 8.69. The Hall–Kier alpha value is -1.16. The molecule has 1 N–H and O–H groups in total. The van der Waals surface area contributed by atoms with Crippen molar-refractivity contribution >= 4 is 0 Å². The first-order valence-corrected chi connectivity index (χ1v) is 6.88. The molecule has 1 fully saturated rings. The monoisotopic (exact) mass is 249 g/mol. The zero-order chi connectivity index (χ0) is 12.8. The highest BCUT2D eigenvalue weighted by atomic mass is 16.5. The number of rotatable bonds is 5. The smallest absolute Gasteiger partial charge is 0.232 e. The maximum Gasteiger partial charge on any atom is 0.232 e. The molecular formula is C14H23N3O. The van der Waals surface area contributed by atoms with Crippen LogP contribution >= 0.6 is 0 Å². The number of piperidine rings is 1. The molecule has 100 valence electrons. The largest absolute Gasteiger partial charge is 0.476 e. The fourth-order valence-electron chi connectivity index (χ4n) is 2.21. The second-order valence-corrected chi connectivity index (χ2v) is 5.47. The SMILES string of the molecule is CC(C)Cc1cnc(OCC2CCCNC2)cn1. The van der Waals surface area contributed by atoms with E-state index in [9.17, 15) is 0 Å². The Balaban J connectivity index is 1.78. The van der Waals surface area contributed by atoms with Gasteiger partial charge in [-0.05, 0) is 31.7 Å². The molecule has 0 amide bonds. The summed E-state index contributed by atoms with van der Waals surface area (Å²) in [6.45, 7) is 7.30. The summed E-state index contributed by atoms with van der Waals surface area (Å²) in [5, 5.41) is 3.39. The van der Waals surface area contributed by atoms with E-state index in [1.807, 2.05) is 6.20 Å². The van der Waals surface area contributed by atoms with Gasteiger partial charge < -0.3 is 10.1 Å². The first-order chi connectivity index (χ1) is 8.74. The molecule has 1 aliphatic rings. The molecular weight excluding hydrogens is 226 g/mol. The van der Waals surface area contributed by atoms with Crippen molar-refractivity contribution in [3.63, 3.8) is 0 Å². The highest BCUT2D eigenvalue weighted by molar-refractivity contribution is 5.07. The normalized spacial score (nSPS) is 20.1. The summed E-state index contributed by atoms with van der Waals surface area (Å²) < 4.78 is 5.69. The quantitative estimate of drug-likeness (QED) is 0.867. The standard InChI is InChI=1S/C14H23N3O/c1-11(2)6-13-8-17-14(9-16-13)18-10-12-4-3-5-15-7-12/h8-9,11-12,15H,3-7,10H2,1-2H3. The minimum Gasteiger partial charge on any atom is -0.476 e. The molecule has 1 aliphatic heterocycles. The van der Waals surface area contributed by atoms with Crippen LogP contribution in [0.25, 0.3) is 0 Å². The van der Waals surface area contributed by atoms with Gasteiger partial charge in [-0.25, -0.2) is 4.98 Å². The minimum absolute atomic E-state index is 0.607. The highest BCUT2D eigenvalue weighted by Gasteiger charge is 2.13. The molecule has 18 heavy (non-hydrogen) atoms. The van der Waals surface area contributed by atoms with Crippen LogP contribution in [0.4, 0.5) is 0 Å². The van der Waals surface area contributed by atoms with Crippen LogP contribution in [0.1, 0.15) is 32.4 Å². The molecule has 0 aromatic carbocycles. The van der Waals surface area contributed by atoms with Gasteiger partial charge in [0, 0.05) is 12.5 Å². The molecule has 1 unspecified atom stereocenters. The van der Waals surface area contributed by atoms with Gasteiger partial charge in [-0.1, -0.05) is 13.8 Å². The van der Waals surface area contributed by atoms with Gasteiger partial charge in [0.05, 0.1) is 24.7 Å². The summed E-state index contributed by atoms with van der Waals surface area (Å²) in [6.07, 6.45) is 7.03. The van der Waals surface area contributed by atoms with Crippen molar-refractivity contribution in [1.82, 2.24) is 15.3 Å². The second kappa shape index (κ2) is 6.69. The first-order valence-electron chi connectivity index (χ1n) is 6.88. The molecule has 0 saturated carbocycles. The lowest BCUT2D eigenvalue weighted by atomic mass is 10.0. The molecule has 1 saturated heterocycles. The Labute approximate surface area is 109 Å². The lowest BCUT2D eigenvalue weighted by Crippen LogP contribution is -2.33. The van der Waals surface area contributed by atoms with Gasteiger partial charge in [-0.15, -0.1) is 0 Å². The molecule has 0 radical (unpaired) electrons. The van der Waals surface area contributed by atoms with Gasteiger partial charge >= 0.3 is 0 Å². The van der Waals surface area contributed by atoms with E-state index in [1.165, 1.54) is 12.8 Å². The first kappa shape index (κ1) is 13.3. The minimum atomic E-state index is 0.607. The zero-order valence-electron chi connectivity index (χ0n) is 11.4. The number of aromatic nitrogens is 2. The third-order valence-electron chi connectivity index (χ3n) is 3.16. The molecule has 2 rings (SSSR count). The van der Waals surface area contributed by atoms with Gasteiger partial charge in [0.1, 0.15) is 0 Å². The van der Waals surface area contributed by atoms with E-state index in [1.54, 1.807) is 6.20 Å². The van der Waals surface area contributed by atoms with Crippen molar-refractivity contribution in [2.24, 2.45) is 11.8 Å². The lowest BCUT2D eigenvalue weighted by Gasteiger charge is -2.22. The fourth-order valence-corrected chi connectivity index (χ4v) is 2.21. The third kappa shape index (κ3) is 4.26. The number of ether oxygens (including phenoxy) is 1. The van der Waals surface area contributed by atoms with Crippen molar-refractivity contribution in [1.29, 1.82) is 0 Å². The Morgan fingerprint density at radius 1 is 1.39 bits per heavy atom. The average Bonchev–Trinajstić information content (AvgIpc) is 2.38. The molecule has 0 aliphatic carbocycles. The molecule has 1 atom stereocenters. The Bertz CT molecular complexity index is 345.